The predicted octanol–water partition coefficient (Wildman–Crippen LogP) is 5.22. The molecule has 0 fully saturated rings. The summed E-state index contributed by atoms with van der Waals surface area (Å²) in [5.74, 6) is 0.772. The SMILES string of the molecule is COC[C@]1(C)Nc2c(cnc3[nH]cc(C(O)c4ccc(Oc5cc(C)nc(Cl)c5)cc4Cl)c23)NC1=O. The predicted molar refractivity (Wildman–Crippen MR) is 138 cm³/mol. The van der Waals surface area contributed by atoms with Crippen molar-refractivity contribution in [2.45, 2.75) is 25.5 Å². The van der Waals surface area contributed by atoms with Crippen LogP contribution in [-0.2, 0) is 9.53 Å². The van der Waals surface area contributed by atoms with Crippen molar-refractivity contribution in [3.05, 3.63) is 69.7 Å². The number of amides is 1. The third-order valence-electron chi connectivity index (χ3n) is 6.01. The maximum atomic E-state index is 12.6. The average Bonchev–Trinajstić information content (AvgIpc) is 3.24. The number of benzene rings is 1. The first-order chi connectivity index (χ1) is 17.2. The molecule has 4 heterocycles. The number of aromatic amines is 1. The van der Waals surface area contributed by atoms with Crippen molar-refractivity contribution in [3.8, 4) is 11.5 Å². The number of hydrogen-bond donors (Lipinski definition) is 4. The van der Waals surface area contributed by atoms with Crippen LogP contribution in [0.2, 0.25) is 10.2 Å². The van der Waals surface area contributed by atoms with Crippen LogP contribution in [-0.4, -0.2) is 45.2 Å². The van der Waals surface area contributed by atoms with Gasteiger partial charge in [0.1, 0.15) is 33.9 Å². The topological polar surface area (TPSA) is 121 Å². The van der Waals surface area contributed by atoms with Crippen molar-refractivity contribution in [3.63, 3.8) is 0 Å². The number of nitrogens with one attached hydrogen (secondary N) is 3. The van der Waals surface area contributed by atoms with Crippen molar-refractivity contribution >= 4 is 51.5 Å². The quantitative estimate of drug-likeness (QED) is 0.253. The highest BCUT2D eigenvalue weighted by atomic mass is 35.5. The first-order valence-corrected chi connectivity index (χ1v) is 11.8. The van der Waals surface area contributed by atoms with Crippen LogP contribution >= 0.6 is 23.2 Å². The van der Waals surface area contributed by atoms with Crippen LogP contribution in [0.3, 0.4) is 0 Å². The number of aryl methyl sites for hydroxylation is 1. The molecule has 0 bridgehead atoms. The minimum absolute atomic E-state index is 0.153. The van der Waals surface area contributed by atoms with Gasteiger partial charge in [-0.05, 0) is 26.0 Å². The van der Waals surface area contributed by atoms with E-state index >= 15 is 0 Å². The maximum absolute atomic E-state index is 12.6. The van der Waals surface area contributed by atoms with E-state index in [4.69, 9.17) is 32.7 Å². The van der Waals surface area contributed by atoms with Crippen LogP contribution in [0.4, 0.5) is 11.4 Å². The van der Waals surface area contributed by atoms with Gasteiger partial charge in [0.05, 0.1) is 34.6 Å². The van der Waals surface area contributed by atoms with Gasteiger partial charge in [-0.25, -0.2) is 9.97 Å². The van der Waals surface area contributed by atoms with Gasteiger partial charge in [-0.2, -0.15) is 0 Å². The summed E-state index contributed by atoms with van der Waals surface area (Å²) in [7, 11) is 1.53. The third kappa shape index (κ3) is 4.35. The number of methoxy groups -OCH3 is 1. The summed E-state index contributed by atoms with van der Waals surface area (Å²) in [6.45, 7) is 3.72. The number of nitrogens with zero attached hydrogens (tertiary/aromatic N) is 2. The minimum atomic E-state index is -1.08. The number of pyridine rings is 2. The second-order valence-corrected chi connectivity index (χ2v) is 9.61. The number of carbonyl (C=O) groups is 1. The van der Waals surface area contributed by atoms with Gasteiger partial charge < -0.3 is 30.2 Å². The number of rotatable bonds is 6. The molecule has 0 saturated heterocycles. The Balaban J connectivity index is 1.50. The number of ether oxygens (including phenoxy) is 2. The van der Waals surface area contributed by atoms with Crippen LogP contribution in [0.25, 0.3) is 11.0 Å². The van der Waals surface area contributed by atoms with Crippen LogP contribution in [0.5, 0.6) is 11.5 Å². The largest absolute Gasteiger partial charge is 0.457 e. The minimum Gasteiger partial charge on any atom is -0.457 e. The molecule has 4 aromatic rings. The van der Waals surface area contributed by atoms with Crippen molar-refractivity contribution in [1.82, 2.24) is 15.0 Å². The second kappa shape index (κ2) is 9.25. The zero-order valence-corrected chi connectivity index (χ0v) is 21.2. The number of anilines is 2. The van der Waals surface area contributed by atoms with Gasteiger partial charge in [0, 0.05) is 42.3 Å². The third-order valence-corrected chi connectivity index (χ3v) is 6.53. The highest BCUT2D eigenvalue weighted by molar-refractivity contribution is 6.31. The van der Waals surface area contributed by atoms with Crippen molar-refractivity contribution in [2.75, 3.05) is 24.4 Å². The Hall–Kier alpha value is -3.37. The molecule has 1 unspecified atom stereocenters. The lowest BCUT2D eigenvalue weighted by atomic mass is 9.95. The summed E-state index contributed by atoms with van der Waals surface area (Å²) >= 11 is 12.6. The number of hydrogen-bond acceptors (Lipinski definition) is 7. The Morgan fingerprint density at radius 1 is 1.17 bits per heavy atom. The number of aromatic nitrogens is 3. The summed E-state index contributed by atoms with van der Waals surface area (Å²) in [6.07, 6.45) is 2.16. The van der Waals surface area contributed by atoms with E-state index in [2.05, 4.69) is 25.6 Å². The maximum Gasteiger partial charge on any atom is 0.252 e. The summed E-state index contributed by atoms with van der Waals surface area (Å²) in [5.41, 5.74) is 2.44. The van der Waals surface area contributed by atoms with Gasteiger partial charge in [-0.15, -0.1) is 0 Å². The summed E-state index contributed by atoms with van der Waals surface area (Å²) in [4.78, 5) is 24.3. The van der Waals surface area contributed by atoms with E-state index in [9.17, 15) is 9.90 Å². The lowest BCUT2D eigenvalue weighted by molar-refractivity contribution is -0.121. The van der Waals surface area contributed by atoms with E-state index in [0.29, 0.717) is 55.2 Å². The smallest absolute Gasteiger partial charge is 0.252 e. The lowest BCUT2D eigenvalue weighted by Crippen LogP contribution is -2.53. The molecule has 1 aliphatic rings. The van der Waals surface area contributed by atoms with Crippen LogP contribution in [0.15, 0.2) is 42.7 Å². The van der Waals surface area contributed by atoms with Crippen LogP contribution < -0.4 is 15.4 Å². The summed E-state index contributed by atoms with van der Waals surface area (Å²) in [6, 6.07) is 8.40. The van der Waals surface area contributed by atoms with Crippen molar-refractivity contribution in [1.29, 1.82) is 0 Å². The van der Waals surface area contributed by atoms with Gasteiger partial charge in [-0.1, -0.05) is 29.3 Å². The van der Waals surface area contributed by atoms with Gasteiger partial charge in [0.2, 0.25) is 0 Å². The molecule has 4 N–H and O–H groups in total. The molecular weight excluding hydrogens is 505 g/mol. The molecule has 0 aliphatic carbocycles. The number of H-pyrrole nitrogens is 1. The first-order valence-electron chi connectivity index (χ1n) is 11.1. The normalized spacial score (nSPS) is 17.9. The molecule has 0 radical (unpaired) electrons. The molecule has 5 rings (SSSR count). The zero-order valence-electron chi connectivity index (χ0n) is 19.6. The van der Waals surface area contributed by atoms with Crippen molar-refractivity contribution in [2.24, 2.45) is 0 Å². The zero-order chi connectivity index (χ0) is 25.6. The molecule has 0 spiro atoms. The number of aliphatic hydroxyl groups excluding tert-OH is 1. The van der Waals surface area contributed by atoms with Crippen LogP contribution in [0, 0.1) is 6.92 Å². The first kappa shape index (κ1) is 24.3. The molecule has 9 nitrogen and oxygen atoms in total. The Bertz CT molecular complexity index is 1470. The molecule has 186 valence electrons. The molecular formula is C25H23Cl2N5O4. The molecule has 1 amide bonds. The van der Waals surface area contributed by atoms with E-state index in [-0.39, 0.29) is 12.5 Å². The fraction of sp³-hybridized carbons (Fsp3) is 0.240. The molecule has 2 atom stereocenters. The van der Waals surface area contributed by atoms with Crippen LogP contribution in [0.1, 0.15) is 29.8 Å². The summed E-state index contributed by atoms with van der Waals surface area (Å²) in [5, 5.41) is 18.8. The monoisotopic (exact) mass is 527 g/mol. The Kier molecular flexibility index (Phi) is 6.25. The fourth-order valence-corrected chi connectivity index (χ4v) is 4.81. The molecule has 1 aliphatic heterocycles. The number of fused-ring (bicyclic) bond motifs is 3. The van der Waals surface area contributed by atoms with Gasteiger partial charge in [0.25, 0.3) is 5.91 Å². The number of halogens is 2. The average molecular weight is 528 g/mol. The van der Waals surface area contributed by atoms with Crippen molar-refractivity contribution < 1.29 is 19.4 Å². The number of aliphatic hydroxyl groups is 1. The highest BCUT2D eigenvalue weighted by Crippen LogP contribution is 2.42. The van der Waals surface area contributed by atoms with E-state index < -0.39 is 11.6 Å². The van der Waals surface area contributed by atoms with E-state index in [1.807, 2.05) is 6.92 Å². The molecule has 3 aromatic heterocycles. The Morgan fingerprint density at radius 2 is 1.97 bits per heavy atom. The second-order valence-electron chi connectivity index (χ2n) is 8.81. The van der Waals surface area contributed by atoms with Gasteiger partial charge in [-0.3, -0.25) is 4.79 Å². The van der Waals surface area contributed by atoms with E-state index in [1.54, 1.807) is 49.6 Å². The van der Waals surface area contributed by atoms with Gasteiger partial charge in [0.15, 0.2) is 0 Å². The summed E-state index contributed by atoms with van der Waals surface area (Å²) < 4.78 is 11.1. The molecule has 1 aromatic carbocycles. The Morgan fingerprint density at radius 3 is 2.69 bits per heavy atom. The Labute approximate surface area is 216 Å². The highest BCUT2D eigenvalue weighted by Gasteiger charge is 2.39. The number of carbonyl (C=O) groups excluding carboxylic acids is 1. The lowest BCUT2D eigenvalue weighted by Gasteiger charge is -2.35. The van der Waals surface area contributed by atoms with E-state index in [0.717, 1.165) is 5.69 Å². The van der Waals surface area contributed by atoms with E-state index in [1.165, 1.54) is 7.11 Å². The molecule has 36 heavy (non-hydrogen) atoms. The molecule has 0 saturated carbocycles. The molecule has 11 heteroatoms. The van der Waals surface area contributed by atoms with Gasteiger partial charge >= 0.3 is 0 Å². The standard InChI is InChI=1S/C25H23Cl2N5O4/c1-12-6-14(8-19(27)30-12)36-13-4-5-15(17(26)7-13)22(33)16-9-28-23-20(16)21-18(10-29-23)31-24(34)25(2,32-21)11-35-3/h4-10,22,32-33H,11H2,1-3H3,(H,28,29)(H,31,34)/t22?,25-/m0/s1. The fourth-order valence-electron chi connectivity index (χ4n) is 4.30.